The van der Waals surface area contributed by atoms with Crippen LogP contribution in [0.2, 0.25) is 0 Å². The van der Waals surface area contributed by atoms with E-state index in [-0.39, 0.29) is 0 Å². The lowest BCUT2D eigenvalue weighted by molar-refractivity contribution is 0.0335. The second-order valence-corrected chi connectivity index (χ2v) is 4.50. The first-order chi connectivity index (χ1) is 6.38. The number of nitrogens with one attached hydrogen (secondary N) is 1. The lowest BCUT2D eigenvalue weighted by atomic mass is 9.77. The predicted octanol–water partition coefficient (Wildman–Crippen LogP) is 1.80. The largest absolute Gasteiger partial charge is 0.381 e. The van der Waals surface area contributed by atoms with Crippen LogP contribution in [0.4, 0.5) is 0 Å². The molecule has 0 aromatic heterocycles. The minimum absolute atomic E-state index is 0.733. The summed E-state index contributed by atoms with van der Waals surface area (Å²) >= 11 is 0. The summed E-state index contributed by atoms with van der Waals surface area (Å²) in [7, 11) is 0. The molecule has 2 nitrogen and oxygen atoms in total. The van der Waals surface area contributed by atoms with E-state index >= 15 is 0 Å². The molecule has 13 heavy (non-hydrogen) atoms. The first-order valence-corrected chi connectivity index (χ1v) is 5.69. The standard InChI is InChI=1S/C11H21NO/c1-9-11(3-2-6-12-9)10-4-7-13-8-5-10/h9-12H,2-8H2,1H3. The number of ether oxygens (including phenoxy) is 1. The van der Waals surface area contributed by atoms with Gasteiger partial charge in [-0.15, -0.1) is 0 Å². The molecule has 0 aliphatic carbocycles. The van der Waals surface area contributed by atoms with Gasteiger partial charge in [-0.25, -0.2) is 0 Å². The molecule has 0 spiro atoms. The van der Waals surface area contributed by atoms with Crippen molar-refractivity contribution >= 4 is 0 Å². The van der Waals surface area contributed by atoms with Crippen molar-refractivity contribution in [1.29, 1.82) is 0 Å². The van der Waals surface area contributed by atoms with Crippen LogP contribution in [0.3, 0.4) is 0 Å². The summed E-state index contributed by atoms with van der Waals surface area (Å²) in [5.74, 6) is 1.84. The Balaban J connectivity index is 1.88. The zero-order valence-corrected chi connectivity index (χ0v) is 8.59. The van der Waals surface area contributed by atoms with Crippen LogP contribution in [0.5, 0.6) is 0 Å². The first kappa shape index (κ1) is 9.47. The van der Waals surface area contributed by atoms with Gasteiger partial charge in [-0.05, 0) is 51.0 Å². The molecule has 0 aromatic rings. The average molecular weight is 183 g/mol. The highest BCUT2D eigenvalue weighted by Gasteiger charge is 2.29. The Kier molecular flexibility index (Phi) is 3.23. The minimum atomic E-state index is 0.733. The third-order valence-corrected chi connectivity index (χ3v) is 3.69. The van der Waals surface area contributed by atoms with Gasteiger partial charge in [0.1, 0.15) is 0 Å². The molecule has 2 atom stereocenters. The highest BCUT2D eigenvalue weighted by Crippen LogP contribution is 2.31. The van der Waals surface area contributed by atoms with E-state index in [2.05, 4.69) is 12.2 Å². The summed E-state index contributed by atoms with van der Waals surface area (Å²) in [6, 6.07) is 0.733. The molecule has 0 bridgehead atoms. The summed E-state index contributed by atoms with van der Waals surface area (Å²) in [6.45, 7) is 5.56. The van der Waals surface area contributed by atoms with E-state index in [4.69, 9.17) is 4.74 Å². The number of rotatable bonds is 1. The topological polar surface area (TPSA) is 21.3 Å². The van der Waals surface area contributed by atoms with Crippen molar-refractivity contribution in [2.45, 2.75) is 38.6 Å². The first-order valence-electron chi connectivity index (χ1n) is 5.69. The SMILES string of the molecule is CC1NCCCC1C1CCOCC1. The van der Waals surface area contributed by atoms with Gasteiger partial charge in [0.05, 0.1) is 0 Å². The predicted molar refractivity (Wildman–Crippen MR) is 53.7 cm³/mol. The van der Waals surface area contributed by atoms with E-state index in [1.807, 2.05) is 0 Å². The van der Waals surface area contributed by atoms with Gasteiger partial charge in [0, 0.05) is 19.3 Å². The van der Waals surface area contributed by atoms with E-state index in [1.165, 1.54) is 32.2 Å². The zero-order chi connectivity index (χ0) is 9.10. The van der Waals surface area contributed by atoms with Crippen molar-refractivity contribution in [3.05, 3.63) is 0 Å². The van der Waals surface area contributed by atoms with Crippen LogP contribution in [0.25, 0.3) is 0 Å². The molecule has 0 aromatic carbocycles. The van der Waals surface area contributed by atoms with Gasteiger partial charge in [0.2, 0.25) is 0 Å². The third kappa shape index (κ3) is 2.23. The summed E-state index contributed by atoms with van der Waals surface area (Å²) in [5.41, 5.74) is 0. The van der Waals surface area contributed by atoms with Gasteiger partial charge in [-0.1, -0.05) is 0 Å². The Hall–Kier alpha value is -0.0800. The summed E-state index contributed by atoms with van der Waals surface area (Å²) < 4.78 is 5.41. The number of piperidine rings is 1. The molecule has 0 radical (unpaired) electrons. The fraction of sp³-hybridized carbons (Fsp3) is 1.00. The highest BCUT2D eigenvalue weighted by molar-refractivity contribution is 4.83. The van der Waals surface area contributed by atoms with Gasteiger partial charge in [-0.3, -0.25) is 0 Å². The monoisotopic (exact) mass is 183 g/mol. The molecule has 2 rings (SSSR count). The van der Waals surface area contributed by atoms with Gasteiger partial charge < -0.3 is 10.1 Å². The van der Waals surface area contributed by atoms with Crippen LogP contribution in [0.1, 0.15) is 32.6 Å². The molecule has 0 saturated carbocycles. The fourth-order valence-electron chi connectivity index (χ4n) is 2.86. The van der Waals surface area contributed by atoms with Crippen molar-refractivity contribution in [3.63, 3.8) is 0 Å². The van der Waals surface area contributed by atoms with E-state index < -0.39 is 0 Å². The van der Waals surface area contributed by atoms with Gasteiger partial charge in [0.15, 0.2) is 0 Å². The Labute approximate surface area is 81.0 Å². The number of hydrogen-bond acceptors (Lipinski definition) is 2. The summed E-state index contributed by atoms with van der Waals surface area (Å²) in [5, 5.41) is 3.59. The van der Waals surface area contributed by atoms with Gasteiger partial charge >= 0.3 is 0 Å². The molecule has 1 N–H and O–H groups in total. The molecule has 2 unspecified atom stereocenters. The Morgan fingerprint density at radius 2 is 1.92 bits per heavy atom. The lowest BCUT2D eigenvalue weighted by Crippen LogP contribution is -2.43. The molecule has 0 amide bonds. The smallest absolute Gasteiger partial charge is 0.0468 e. The van der Waals surface area contributed by atoms with Crippen LogP contribution in [0.15, 0.2) is 0 Å². The Morgan fingerprint density at radius 3 is 2.62 bits per heavy atom. The summed E-state index contributed by atoms with van der Waals surface area (Å²) in [6.07, 6.45) is 5.37. The maximum Gasteiger partial charge on any atom is 0.0468 e. The van der Waals surface area contributed by atoms with Crippen molar-refractivity contribution in [2.24, 2.45) is 11.8 Å². The fourth-order valence-corrected chi connectivity index (χ4v) is 2.86. The van der Waals surface area contributed by atoms with Crippen LogP contribution < -0.4 is 5.32 Å². The summed E-state index contributed by atoms with van der Waals surface area (Å²) in [4.78, 5) is 0. The molecule has 2 aliphatic heterocycles. The molecule has 76 valence electrons. The quantitative estimate of drug-likeness (QED) is 0.669. The zero-order valence-electron chi connectivity index (χ0n) is 8.59. The third-order valence-electron chi connectivity index (χ3n) is 3.69. The van der Waals surface area contributed by atoms with E-state index in [1.54, 1.807) is 0 Å². The molecule has 2 aliphatic rings. The van der Waals surface area contributed by atoms with Crippen LogP contribution in [-0.2, 0) is 4.74 Å². The van der Waals surface area contributed by atoms with Crippen molar-refractivity contribution in [3.8, 4) is 0 Å². The van der Waals surface area contributed by atoms with Crippen molar-refractivity contribution in [1.82, 2.24) is 5.32 Å². The molecular formula is C11H21NO. The normalized spacial score (nSPS) is 37.6. The van der Waals surface area contributed by atoms with Crippen LogP contribution >= 0.6 is 0 Å². The maximum absolute atomic E-state index is 5.41. The second kappa shape index (κ2) is 4.43. The molecule has 2 fully saturated rings. The number of hydrogen-bond donors (Lipinski definition) is 1. The lowest BCUT2D eigenvalue weighted by Gasteiger charge is -2.37. The Morgan fingerprint density at radius 1 is 1.15 bits per heavy atom. The van der Waals surface area contributed by atoms with E-state index in [0.29, 0.717) is 0 Å². The molecule has 2 heteroatoms. The molecule has 2 saturated heterocycles. The van der Waals surface area contributed by atoms with Crippen LogP contribution in [-0.4, -0.2) is 25.8 Å². The minimum Gasteiger partial charge on any atom is -0.381 e. The van der Waals surface area contributed by atoms with Gasteiger partial charge in [0.25, 0.3) is 0 Å². The van der Waals surface area contributed by atoms with Crippen molar-refractivity contribution in [2.75, 3.05) is 19.8 Å². The average Bonchev–Trinajstić information content (AvgIpc) is 2.20. The van der Waals surface area contributed by atoms with Crippen LogP contribution in [0, 0.1) is 11.8 Å². The second-order valence-electron chi connectivity index (χ2n) is 4.50. The van der Waals surface area contributed by atoms with E-state index in [0.717, 1.165) is 31.1 Å². The highest BCUT2D eigenvalue weighted by atomic mass is 16.5. The van der Waals surface area contributed by atoms with E-state index in [9.17, 15) is 0 Å². The van der Waals surface area contributed by atoms with Crippen molar-refractivity contribution < 1.29 is 4.74 Å². The maximum atomic E-state index is 5.41. The molecule has 2 heterocycles. The van der Waals surface area contributed by atoms with Gasteiger partial charge in [-0.2, -0.15) is 0 Å². The molecular weight excluding hydrogens is 162 g/mol. The Bertz CT molecular complexity index is 154.